The number of carbonyl (C=O) groups is 2. The monoisotopic (exact) mass is 427 g/mol. The molecule has 0 fully saturated rings. The molecule has 0 spiro atoms. The average Bonchev–Trinajstić information content (AvgIpc) is 3.26. The van der Waals surface area contributed by atoms with E-state index in [-0.39, 0.29) is 30.2 Å². The lowest BCUT2D eigenvalue weighted by atomic mass is 9.95. The predicted molar refractivity (Wildman–Crippen MR) is 110 cm³/mol. The van der Waals surface area contributed by atoms with Crippen molar-refractivity contribution in [1.29, 1.82) is 0 Å². The van der Waals surface area contributed by atoms with Crippen molar-refractivity contribution in [2.24, 2.45) is 0 Å². The van der Waals surface area contributed by atoms with Crippen LogP contribution in [0, 0.1) is 0 Å². The van der Waals surface area contributed by atoms with Gasteiger partial charge in [-0.3, -0.25) is 9.59 Å². The number of ketones is 1. The Bertz CT molecular complexity index is 1160. The van der Waals surface area contributed by atoms with E-state index in [1.165, 1.54) is 30.2 Å². The van der Waals surface area contributed by atoms with Gasteiger partial charge in [-0.2, -0.15) is 0 Å². The zero-order chi connectivity index (χ0) is 21.4. The summed E-state index contributed by atoms with van der Waals surface area (Å²) in [5.74, 6) is -1.88. The van der Waals surface area contributed by atoms with E-state index in [0.717, 1.165) is 0 Å². The fourth-order valence-electron chi connectivity index (χ4n) is 3.57. The first-order valence-corrected chi connectivity index (χ1v) is 9.54. The highest BCUT2D eigenvalue weighted by Crippen LogP contribution is 2.40. The molecule has 30 heavy (non-hydrogen) atoms. The molecule has 2 aromatic carbocycles. The molecule has 1 aromatic heterocycles. The van der Waals surface area contributed by atoms with Crippen LogP contribution in [0.2, 0.25) is 5.02 Å². The van der Waals surface area contributed by atoms with Gasteiger partial charge >= 0.3 is 0 Å². The number of phenols is 1. The van der Waals surface area contributed by atoms with Crippen molar-refractivity contribution in [3.63, 3.8) is 0 Å². The number of benzene rings is 2. The summed E-state index contributed by atoms with van der Waals surface area (Å²) in [4.78, 5) is 27.4. The Labute approximate surface area is 176 Å². The maximum Gasteiger partial charge on any atom is 0.290 e. The summed E-state index contributed by atoms with van der Waals surface area (Å²) in [5, 5.41) is 21.3. The van der Waals surface area contributed by atoms with E-state index in [0.29, 0.717) is 21.6 Å². The molecule has 7 nitrogen and oxygen atoms in total. The molecule has 0 bridgehead atoms. The second-order valence-corrected chi connectivity index (χ2v) is 7.31. The van der Waals surface area contributed by atoms with Crippen molar-refractivity contribution in [3.8, 4) is 5.75 Å². The number of rotatable bonds is 6. The van der Waals surface area contributed by atoms with Crippen LogP contribution in [0.4, 0.5) is 0 Å². The number of furan rings is 1. The number of phenolic OH excluding ortho intramolecular Hbond substituents is 1. The number of nitrogens with zero attached hydrogens (tertiary/aromatic N) is 1. The van der Waals surface area contributed by atoms with Crippen molar-refractivity contribution in [1.82, 2.24) is 4.90 Å². The van der Waals surface area contributed by atoms with Crippen LogP contribution >= 0.6 is 11.6 Å². The Morgan fingerprint density at radius 2 is 1.90 bits per heavy atom. The first kappa shape index (κ1) is 20.0. The number of amides is 1. The van der Waals surface area contributed by atoms with Crippen LogP contribution in [0.25, 0.3) is 11.0 Å². The zero-order valence-corrected chi connectivity index (χ0v) is 16.7. The van der Waals surface area contributed by atoms with E-state index in [9.17, 15) is 19.8 Å². The topological polar surface area (TPSA) is 100 Å². The van der Waals surface area contributed by atoms with Crippen LogP contribution in [-0.4, -0.2) is 47.1 Å². The fraction of sp³-hybridized carbons (Fsp3) is 0.182. The van der Waals surface area contributed by atoms with Gasteiger partial charge in [0.2, 0.25) is 5.78 Å². The maximum absolute atomic E-state index is 13.3. The third-order valence-electron chi connectivity index (χ3n) is 5.00. The number of carbonyl (C=O) groups excluding carboxylic acids is 2. The number of methoxy groups -OCH3 is 1. The summed E-state index contributed by atoms with van der Waals surface area (Å²) in [7, 11) is 1.50. The van der Waals surface area contributed by atoms with Crippen LogP contribution in [0.5, 0.6) is 5.75 Å². The summed E-state index contributed by atoms with van der Waals surface area (Å²) in [6, 6.07) is 11.7. The molecule has 0 saturated carbocycles. The minimum absolute atomic E-state index is 0.0148. The van der Waals surface area contributed by atoms with Gasteiger partial charge in [0, 0.05) is 24.1 Å². The van der Waals surface area contributed by atoms with Crippen molar-refractivity contribution in [3.05, 3.63) is 76.2 Å². The standard InChI is InChI=1S/C22H18ClNO6/c1-29-9-8-24-19(12-2-5-15(25)6-3-12)18(21(27)22(24)28)20(26)17-11-13-10-14(23)4-7-16(13)30-17/h2-7,10-11,19,25,27H,8-9H2,1H3. The Kier molecular flexibility index (Phi) is 5.24. The quantitative estimate of drug-likeness (QED) is 0.576. The number of aromatic hydroxyl groups is 1. The number of halogens is 1. The third-order valence-corrected chi connectivity index (χ3v) is 5.23. The molecule has 2 heterocycles. The summed E-state index contributed by atoms with van der Waals surface area (Å²) < 4.78 is 10.7. The van der Waals surface area contributed by atoms with Gasteiger partial charge in [-0.1, -0.05) is 23.7 Å². The van der Waals surface area contributed by atoms with E-state index in [4.69, 9.17) is 20.8 Å². The second kappa shape index (κ2) is 7.85. The highest BCUT2D eigenvalue weighted by molar-refractivity contribution is 6.31. The molecule has 4 rings (SSSR count). The summed E-state index contributed by atoms with van der Waals surface area (Å²) in [5.41, 5.74) is 0.931. The Hall–Kier alpha value is -3.29. The lowest BCUT2D eigenvalue weighted by Gasteiger charge is -2.26. The van der Waals surface area contributed by atoms with Crippen LogP contribution in [0.1, 0.15) is 22.2 Å². The average molecular weight is 428 g/mol. The number of Topliss-reactive ketones (excluding diaryl/α,β-unsaturated/α-hetero) is 1. The van der Waals surface area contributed by atoms with E-state index >= 15 is 0 Å². The lowest BCUT2D eigenvalue weighted by molar-refractivity contribution is -0.130. The molecule has 2 N–H and O–H groups in total. The molecular weight excluding hydrogens is 410 g/mol. The summed E-state index contributed by atoms with van der Waals surface area (Å²) in [6.45, 7) is 0.385. The van der Waals surface area contributed by atoms with Gasteiger partial charge in [0.1, 0.15) is 11.3 Å². The number of ether oxygens (including phenoxy) is 1. The Morgan fingerprint density at radius 3 is 2.60 bits per heavy atom. The minimum Gasteiger partial charge on any atom is -0.508 e. The number of fused-ring (bicyclic) bond motifs is 1. The maximum atomic E-state index is 13.3. The smallest absolute Gasteiger partial charge is 0.290 e. The van der Waals surface area contributed by atoms with Gasteiger partial charge in [0.05, 0.1) is 18.2 Å². The van der Waals surface area contributed by atoms with E-state index in [1.54, 1.807) is 30.3 Å². The normalized spacial score (nSPS) is 16.7. The summed E-state index contributed by atoms with van der Waals surface area (Å²) >= 11 is 6.00. The van der Waals surface area contributed by atoms with Crippen molar-refractivity contribution in [2.75, 3.05) is 20.3 Å². The van der Waals surface area contributed by atoms with Crippen LogP contribution in [0.15, 0.2) is 64.3 Å². The van der Waals surface area contributed by atoms with E-state index in [1.807, 2.05) is 0 Å². The molecule has 8 heteroatoms. The van der Waals surface area contributed by atoms with Crippen molar-refractivity contribution in [2.45, 2.75) is 6.04 Å². The molecule has 0 saturated heterocycles. The third kappa shape index (κ3) is 3.42. The first-order chi connectivity index (χ1) is 14.4. The molecule has 154 valence electrons. The van der Waals surface area contributed by atoms with Crippen LogP contribution in [0.3, 0.4) is 0 Å². The van der Waals surface area contributed by atoms with Crippen molar-refractivity contribution < 1.29 is 29.0 Å². The molecule has 1 aliphatic rings. The SMILES string of the molecule is COCCN1C(=O)C(O)=C(C(=O)c2cc3cc(Cl)ccc3o2)C1c1ccc(O)cc1. The molecular formula is C22H18ClNO6. The number of hydrogen-bond acceptors (Lipinski definition) is 6. The molecule has 0 aliphatic carbocycles. The summed E-state index contributed by atoms with van der Waals surface area (Å²) in [6.07, 6.45) is 0. The van der Waals surface area contributed by atoms with Gasteiger partial charge in [-0.05, 0) is 42.0 Å². The van der Waals surface area contributed by atoms with E-state index in [2.05, 4.69) is 0 Å². The Morgan fingerprint density at radius 1 is 1.17 bits per heavy atom. The largest absolute Gasteiger partial charge is 0.508 e. The van der Waals surface area contributed by atoms with Crippen LogP contribution in [-0.2, 0) is 9.53 Å². The van der Waals surface area contributed by atoms with Gasteiger partial charge in [0.15, 0.2) is 11.5 Å². The minimum atomic E-state index is -0.849. The highest BCUT2D eigenvalue weighted by Gasteiger charge is 2.44. The van der Waals surface area contributed by atoms with Gasteiger partial charge in [-0.15, -0.1) is 0 Å². The molecule has 0 radical (unpaired) electrons. The molecule has 1 amide bonds. The number of hydrogen-bond donors (Lipinski definition) is 2. The van der Waals surface area contributed by atoms with E-state index < -0.39 is 23.5 Å². The number of aliphatic hydroxyl groups is 1. The molecule has 1 unspecified atom stereocenters. The Balaban J connectivity index is 1.79. The molecule has 3 aromatic rings. The predicted octanol–water partition coefficient (Wildman–Crippen LogP) is 4.02. The molecule has 1 aliphatic heterocycles. The zero-order valence-electron chi connectivity index (χ0n) is 16.0. The van der Waals surface area contributed by atoms with Crippen molar-refractivity contribution >= 4 is 34.3 Å². The van der Waals surface area contributed by atoms with Gasteiger partial charge in [-0.25, -0.2) is 0 Å². The molecule has 1 atom stereocenters. The van der Waals surface area contributed by atoms with Gasteiger partial charge < -0.3 is 24.3 Å². The first-order valence-electron chi connectivity index (χ1n) is 9.16. The second-order valence-electron chi connectivity index (χ2n) is 6.87. The number of aliphatic hydroxyl groups excluding tert-OH is 1. The van der Waals surface area contributed by atoms with Gasteiger partial charge in [0.25, 0.3) is 5.91 Å². The lowest BCUT2D eigenvalue weighted by Crippen LogP contribution is -2.33. The van der Waals surface area contributed by atoms with Crippen LogP contribution < -0.4 is 0 Å². The fourth-order valence-corrected chi connectivity index (χ4v) is 3.75. The highest BCUT2D eigenvalue weighted by atomic mass is 35.5.